The van der Waals surface area contributed by atoms with Gasteiger partial charge in [-0.2, -0.15) is 0 Å². The summed E-state index contributed by atoms with van der Waals surface area (Å²) >= 11 is 0. The van der Waals surface area contributed by atoms with Crippen LogP contribution in [0.15, 0.2) is 29.3 Å². The number of methoxy groups -OCH3 is 2. The molecule has 176 valence electrons. The van der Waals surface area contributed by atoms with E-state index in [2.05, 4.69) is 32.7 Å². The average molecular weight is 546 g/mol. The predicted octanol–water partition coefficient (Wildman–Crippen LogP) is 3.20. The van der Waals surface area contributed by atoms with E-state index in [1.165, 1.54) is 24.8 Å². The van der Waals surface area contributed by atoms with E-state index in [4.69, 9.17) is 14.2 Å². The fraction of sp³-hybridized carbons (Fsp3) is 0.696. The number of rotatable bonds is 8. The molecule has 0 aliphatic carbocycles. The molecule has 2 N–H and O–H groups in total. The van der Waals surface area contributed by atoms with Gasteiger partial charge in [0.15, 0.2) is 5.96 Å². The third kappa shape index (κ3) is 7.47. The fourth-order valence-electron chi connectivity index (χ4n) is 4.37. The van der Waals surface area contributed by atoms with Crippen LogP contribution in [0.1, 0.15) is 43.7 Å². The minimum Gasteiger partial charge on any atom is -0.497 e. The summed E-state index contributed by atoms with van der Waals surface area (Å²) < 4.78 is 16.7. The van der Waals surface area contributed by atoms with Crippen molar-refractivity contribution in [2.75, 3.05) is 60.7 Å². The Hall–Kier alpha value is -1.10. The van der Waals surface area contributed by atoms with E-state index in [1.807, 2.05) is 19.2 Å². The Morgan fingerprint density at radius 3 is 2.35 bits per heavy atom. The summed E-state index contributed by atoms with van der Waals surface area (Å²) in [5.41, 5.74) is 1.12. The first-order valence-electron chi connectivity index (χ1n) is 11.1. The number of hydrogen-bond acceptors (Lipinski definition) is 5. The Balaban J connectivity index is 0.00000341. The molecule has 0 amide bonds. The molecule has 0 spiro atoms. The maximum absolute atomic E-state index is 5.84. The Morgan fingerprint density at radius 2 is 1.77 bits per heavy atom. The van der Waals surface area contributed by atoms with Gasteiger partial charge in [0.1, 0.15) is 5.75 Å². The topological polar surface area (TPSA) is 67.4 Å². The van der Waals surface area contributed by atoms with Crippen molar-refractivity contribution in [3.63, 3.8) is 0 Å². The van der Waals surface area contributed by atoms with Crippen LogP contribution in [0.2, 0.25) is 0 Å². The Morgan fingerprint density at radius 1 is 1.10 bits per heavy atom. The van der Waals surface area contributed by atoms with Crippen LogP contribution in [-0.4, -0.2) is 77.1 Å². The fourth-order valence-corrected chi connectivity index (χ4v) is 4.37. The van der Waals surface area contributed by atoms with Crippen molar-refractivity contribution < 1.29 is 14.2 Å². The molecule has 3 rings (SSSR count). The molecule has 1 unspecified atom stereocenters. The maximum atomic E-state index is 5.84. The number of benzene rings is 1. The monoisotopic (exact) mass is 546 g/mol. The maximum Gasteiger partial charge on any atom is 0.191 e. The van der Waals surface area contributed by atoms with Gasteiger partial charge in [-0.25, -0.2) is 0 Å². The lowest BCUT2D eigenvalue weighted by molar-refractivity contribution is -0.0855. The molecule has 1 atom stereocenters. The number of nitrogens with one attached hydrogen (secondary N) is 2. The number of ether oxygens (including phenoxy) is 3. The van der Waals surface area contributed by atoms with E-state index in [-0.39, 0.29) is 29.6 Å². The van der Waals surface area contributed by atoms with Gasteiger partial charge in [0, 0.05) is 53.3 Å². The number of nitrogens with zero attached hydrogens (tertiary/aromatic N) is 2. The zero-order chi connectivity index (χ0) is 21.2. The first-order valence-corrected chi connectivity index (χ1v) is 11.1. The van der Waals surface area contributed by atoms with Crippen LogP contribution in [0.25, 0.3) is 0 Å². The van der Waals surface area contributed by atoms with E-state index in [1.54, 1.807) is 14.2 Å². The van der Waals surface area contributed by atoms with Gasteiger partial charge in [0.05, 0.1) is 18.8 Å². The van der Waals surface area contributed by atoms with Gasteiger partial charge in [-0.05, 0) is 43.6 Å². The van der Waals surface area contributed by atoms with Crippen molar-refractivity contribution in [3.05, 3.63) is 29.8 Å². The number of likely N-dealkylation sites (tertiary alicyclic amines) is 1. The van der Waals surface area contributed by atoms with Crippen molar-refractivity contribution in [1.29, 1.82) is 0 Å². The lowest BCUT2D eigenvalue weighted by atomic mass is 9.94. The SMILES string of the molecule is CN=C(NCC(c1ccc(OC)cc1)N1CCCCC1)NCC1(OC)CCOCC1.I. The second kappa shape index (κ2) is 13.4. The van der Waals surface area contributed by atoms with Gasteiger partial charge < -0.3 is 24.8 Å². The zero-order valence-corrected chi connectivity index (χ0v) is 21.5. The van der Waals surface area contributed by atoms with Crippen molar-refractivity contribution in [2.24, 2.45) is 4.99 Å². The van der Waals surface area contributed by atoms with Crippen LogP contribution in [0.5, 0.6) is 5.75 Å². The van der Waals surface area contributed by atoms with E-state index in [0.717, 1.165) is 63.9 Å². The van der Waals surface area contributed by atoms with E-state index < -0.39 is 0 Å². The van der Waals surface area contributed by atoms with Crippen LogP contribution in [0, 0.1) is 0 Å². The van der Waals surface area contributed by atoms with Crippen LogP contribution in [0.3, 0.4) is 0 Å². The van der Waals surface area contributed by atoms with E-state index >= 15 is 0 Å². The Labute approximate surface area is 204 Å². The molecule has 0 radical (unpaired) electrons. The molecular formula is C23H39IN4O3. The summed E-state index contributed by atoms with van der Waals surface area (Å²) in [5, 5.41) is 7.03. The number of piperidine rings is 1. The highest BCUT2D eigenvalue weighted by atomic mass is 127. The van der Waals surface area contributed by atoms with Crippen LogP contribution < -0.4 is 15.4 Å². The molecule has 7 nitrogen and oxygen atoms in total. The van der Waals surface area contributed by atoms with Crippen molar-refractivity contribution in [2.45, 2.75) is 43.7 Å². The standard InChI is InChI=1S/C23H38N4O3.HI/c1-24-22(26-18-23(29-3)11-15-30-16-12-23)25-17-21(27-13-5-4-6-14-27)19-7-9-20(28-2)10-8-19;/h7-10,21H,4-6,11-18H2,1-3H3,(H2,24,25,26);1H. The third-order valence-corrected chi connectivity index (χ3v) is 6.43. The smallest absolute Gasteiger partial charge is 0.191 e. The second-order valence-electron chi connectivity index (χ2n) is 8.19. The van der Waals surface area contributed by atoms with Crippen molar-refractivity contribution in [1.82, 2.24) is 15.5 Å². The summed E-state index contributed by atoms with van der Waals surface area (Å²) in [4.78, 5) is 7.03. The lowest BCUT2D eigenvalue weighted by Crippen LogP contribution is -2.51. The van der Waals surface area contributed by atoms with Crippen molar-refractivity contribution >= 4 is 29.9 Å². The molecule has 0 aromatic heterocycles. The van der Waals surface area contributed by atoms with Crippen molar-refractivity contribution in [3.8, 4) is 5.75 Å². The summed E-state index contributed by atoms with van der Waals surface area (Å²) in [7, 11) is 5.32. The molecule has 2 saturated heterocycles. The van der Waals surface area contributed by atoms with Crippen LogP contribution in [0.4, 0.5) is 0 Å². The molecule has 1 aromatic rings. The first-order chi connectivity index (χ1) is 14.7. The molecule has 1 aromatic carbocycles. The highest BCUT2D eigenvalue weighted by Gasteiger charge is 2.32. The molecule has 2 aliphatic heterocycles. The molecule has 0 bridgehead atoms. The largest absolute Gasteiger partial charge is 0.497 e. The normalized spacial score (nSPS) is 20.4. The highest BCUT2D eigenvalue weighted by molar-refractivity contribution is 14.0. The summed E-state index contributed by atoms with van der Waals surface area (Å²) in [6.07, 6.45) is 5.65. The summed E-state index contributed by atoms with van der Waals surface area (Å²) in [5.74, 6) is 1.70. The quantitative estimate of drug-likeness (QED) is 0.297. The van der Waals surface area contributed by atoms with Crippen LogP contribution in [-0.2, 0) is 9.47 Å². The third-order valence-electron chi connectivity index (χ3n) is 6.43. The van der Waals surface area contributed by atoms with Gasteiger partial charge in [-0.1, -0.05) is 18.6 Å². The minimum atomic E-state index is -0.182. The van der Waals surface area contributed by atoms with Gasteiger partial charge in [-0.15, -0.1) is 24.0 Å². The molecule has 2 aliphatic rings. The summed E-state index contributed by atoms with van der Waals surface area (Å²) in [6, 6.07) is 8.75. The van der Waals surface area contributed by atoms with Gasteiger partial charge >= 0.3 is 0 Å². The molecule has 2 fully saturated rings. The second-order valence-corrected chi connectivity index (χ2v) is 8.19. The molecule has 2 heterocycles. The first kappa shape index (κ1) is 26.2. The van der Waals surface area contributed by atoms with Crippen LogP contribution >= 0.6 is 24.0 Å². The van der Waals surface area contributed by atoms with E-state index in [0.29, 0.717) is 6.04 Å². The molecular weight excluding hydrogens is 507 g/mol. The number of halogens is 1. The van der Waals surface area contributed by atoms with Gasteiger partial charge in [-0.3, -0.25) is 9.89 Å². The number of guanidine groups is 1. The molecule has 0 saturated carbocycles. The highest BCUT2D eigenvalue weighted by Crippen LogP contribution is 2.26. The predicted molar refractivity (Wildman–Crippen MR) is 136 cm³/mol. The van der Waals surface area contributed by atoms with Gasteiger partial charge in [0.25, 0.3) is 0 Å². The van der Waals surface area contributed by atoms with E-state index in [9.17, 15) is 0 Å². The number of hydrogen-bond donors (Lipinski definition) is 2. The molecule has 31 heavy (non-hydrogen) atoms. The Bertz CT molecular complexity index is 659. The number of aliphatic imine (C=N–C) groups is 1. The average Bonchev–Trinajstić information content (AvgIpc) is 2.83. The Kier molecular flexibility index (Phi) is 11.3. The molecule has 8 heteroatoms. The lowest BCUT2D eigenvalue weighted by Gasteiger charge is -2.37. The van der Waals surface area contributed by atoms with Gasteiger partial charge in [0.2, 0.25) is 0 Å². The zero-order valence-electron chi connectivity index (χ0n) is 19.2. The minimum absolute atomic E-state index is 0. The summed E-state index contributed by atoms with van der Waals surface area (Å²) in [6.45, 7) is 5.29.